The Labute approximate surface area is 174 Å². The number of hydrogen-bond acceptors (Lipinski definition) is 3. The number of amides is 1. The number of anilines is 1. The molecule has 1 heterocycles. The number of nitrogens with one attached hydrogen (secondary N) is 1. The van der Waals surface area contributed by atoms with Crippen LogP contribution in [0.25, 0.3) is 0 Å². The zero-order valence-corrected chi connectivity index (χ0v) is 17.9. The first-order chi connectivity index (χ1) is 14.1. The lowest BCUT2D eigenvalue weighted by Gasteiger charge is -2.21. The zero-order chi connectivity index (χ0) is 20.2. The first kappa shape index (κ1) is 20.1. The van der Waals surface area contributed by atoms with Crippen molar-refractivity contribution in [2.75, 3.05) is 5.32 Å². The van der Waals surface area contributed by atoms with Gasteiger partial charge in [0.25, 0.3) is 0 Å². The minimum Gasteiger partial charge on any atom is -0.326 e. The van der Waals surface area contributed by atoms with Gasteiger partial charge in [-0.25, -0.2) is 0 Å². The first-order valence-electron chi connectivity index (χ1n) is 11.4. The fourth-order valence-corrected chi connectivity index (χ4v) is 4.66. The SMILES string of the molecule is Cc1ccc(NC(=O)CCc2nnc(CCC3CCCCC3)n2C2CC2)c(C)c1. The molecule has 0 radical (unpaired) electrons. The van der Waals surface area contributed by atoms with Crippen LogP contribution in [0.15, 0.2) is 18.2 Å². The third-order valence-electron chi connectivity index (χ3n) is 6.48. The van der Waals surface area contributed by atoms with Crippen LogP contribution in [-0.4, -0.2) is 20.7 Å². The molecule has 1 amide bonds. The molecule has 4 rings (SSSR count). The smallest absolute Gasteiger partial charge is 0.224 e. The molecule has 2 saturated carbocycles. The molecular formula is C24H34N4O. The molecule has 0 saturated heterocycles. The third-order valence-corrected chi connectivity index (χ3v) is 6.48. The van der Waals surface area contributed by atoms with Gasteiger partial charge >= 0.3 is 0 Å². The number of hydrogen-bond donors (Lipinski definition) is 1. The molecular weight excluding hydrogens is 360 g/mol. The van der Waals surface area contributed by atoms with E-state index < -0.39 is 0 Å². The van der Waals surface area contributed by atoms with Gasteiger partial charge in [0.2, 0.25) is 5.91 Å². The molecule has 0 unspecified atom stereocenters. The Bertz CT molecular complexity index is 847. The summed E-state index contributed by atoms with van der Waals surface area (Å²) < 4.78 is 2.35. The van der Waals surface area contributed by atoms with Gasteiger partial charge in [-0.2, -0.15) is 0 Å². The van der Waals surface area contributed by atoms with Gasteiger partial charge in [0.1, 0.15) is 11.6 Å². The van der Waals surface area contributed by atoms with Crippen LogP contribution in [0.4, 0.5) is 5.69 Å². The van der Waals surface area contributed by atoms with Gasteiger partial charge in [-0.1, -0.05) is 49.8 Å². The van der Waals surface area contributed by atoms with Crippen LogP contribution in [0, 0.1) is 19.8 Å². The molecule has 1 aromatic heterocycles. The molecule has 5 nitrogen and oxygen atoms in total. The molecule has 2 aromatic rings. The van der Waals surface area contributed by atoms with Gasteiger partial charge in [0.15, 0.2) is 0 Å². The fraction of sp³-hybridized carbons (Fsp3) is 0.625. The molecule has 0 atom stereocenters. The molecule has 29 heavy (non-hydrogen) atoms. The summed E-state index contributed by atoms with van der Waals surface area (Å²) in [5.74, 6) is 3.04. The van der Waals surface area contributed by atoms with E-state index in [4.69, 9.17) is 0 Å². The average molecular weight is 395 g/mol. The van der Waals surface area contributed by atoms with Crippen LogP contribution in [0.2, 0.25) is 0 Å². The number of aryl methyl sites for hydroxylation is 4. The van der Waals surface area contributed by atoms with E-state index in [0.29, 0.717) is 18.9 Å². The molecule has 0 spiro atoms. The summed E-state index contributed by atoms with van der Waals surface area (Å²) in [6, 6.07) is 6.67. The van der Waals surface area contributed by atoms with E-state index in [-0.39, 0.29) is 5.91 Å². The highest BCUT2D eigenvalue weighted by Gasteiger charge is 2.29. The summed E-state index contributed by atoms with van der Waals surface area (Å²) in [6.07, 6.45) is 12.7. The quantitative estimate of drug-likeness (QED) is 0.660. The van der Waals surface area contributed by atoms with Crippen LogP contribution in [0.1, 0.15) is 86.6 Å². The lowest BCUT2D eigenvalue weighted by Crippen LogP contribution is -2.15. The topological polar surface area (TPSA) is 59.8 Å². The molecule has 2 aliphatic rings. The fourth-order valence-electron chi connectivity index (χ4n) is 4.66. The first-order valence-corrected chi connectivity index (χ1v) is 11.4. The van der Waals surface area contributed by atoms with Crippen LogP contribution in [0.3, 0.4) is 0 Å². The zero-order valence-electron chi connectivity index (χ0n) is 17.9. The van der Waals surface area contributed by atoms with Gasteiger partial charge in [0, 0.05) is 31.0 Å². The molecule has 1 N–H and O–H groups in total. The van der Waals surface area contributed by atoms with Crippen LogP contribution >= 0.6 is 0 Å². The number of carbonyl (C=O) groups is 1. The van der Waals surface area contributed by atoms with E-state index >= 15 is 0 Å². The molecule has 0 aliphatic heterocycles. The van der Waals surface area contributed by atoms with E-state index in [1.165, 1.54) is 56.9 Å². The van der Waals surface area contributed by atoms with Gasteiger partial charge in [-0.3, -0.25) is 4.79 Å². The molecule has 0 bridgehead atoms. The maximum Gasteiger partial charge on any atom is 0.224 e. The molecule has 2 aliphatic carbocycles. The summed E-state index contributed by atoms with van der Waals surface area (Å²) in [7, 11) is 0. The van der Waals surface area contributed by atoms with Gasteiger partial charge in [0.05, 0.1) is 0 Å². The highest BCUT2D eigenvalue weighted by atomic mass is 16.1. The summed E-state index contributed by atoms with van der Waals surface area (Å²) in [4.78, 5) is 12.5. The van der Waals surface area contributed by atoms with Crippen molar-refractivity contribution in [3.63, 3.8) is 0 Å². The van der Waals surface area contributed by atoms with E-state index in [1.807, 2.05) is 19.1 Å². The summed E-state index contributed by atoms with van der Waals surface area (Å²) in [5.41, 5.74) is 3.21. The second kappa shape index (κ2) is 9.10. The second-order valence-electron chi connectivity index (χ2n) is 9.04. The number of carbonyl (C=O) groups excluding carboxylic acids is 1. The van der Waals surface area contributed by atoms with Crippen molar-refractivity contribution in [3.8, 4) is 0 Å². The Balaban J connectivity index is 1.34. The van der Waals surface area contributed by atoms with E-state index in [9.17, 15) is 4.79 Å². The molecule has 156 valence electrons. The van der Waals surface area contributed by atoms with Crippen molar-refractivity contribution in [2.45, 2.75) is 90.5 Å². The Morgan fingerprint density at radius 2 is 1.76 bits per heavy atom. The number of benzene rings is 1. The number of nitrogens with zero attached hydrogens (tertiary/aromatic N) is 3. The minimum absolute atomic E-state index is 0.0473. The average Bonchev–Trinajstić information content (AvgIpc) is 3.48. The lowest BCUT2D eigenvalue weighted by molar-refractivity contribution is -0.116. The number of aromatic nitrogens is 3. The molecule has 2 fully saturated rings. The predicted octanol–water partition coefficient (Wildman–Crippen LogP) is 5.31. The van der Waals surface area contributed by atoms with Crippen LogP contribution in [0.5, 0.6) is 0 Å². The summed E-state index contributed by atoms with van der Waals surface area (Å²) >= 11 is 0. The standard InChI is InChI=1S/C24H34N4O/c1-17-8-12-21(18(2)16-17)25-24(29)15-14-23-27-26-22(28(23)20-10-11-20)13-9-19-6-4-3-5-7-19/h8,12,16,19-20H,3-7,9-11,13-15H2,1-2H3,(H,25,29). The van der Waals surface area contributed by atoms with E-state index in [0.717, 1.165) is 35.2 Å². The summed E-state index contributed by atoms with van der Waals surface area (Å²) in [6.45, 7) is 4.10. The molecule has 5 heteroatoms. The second-order valence-corrected chi connectivity index (χ2v) is 9.04. The van der Waals surface area contributed by atoms with Crippen molar-refractivity contribution < 1.29 is 4.79 Å². The maximum absolute atomic E-state index is 12.5. The largest absolute Gasteiger partial charge is 0.326 e. The van der Waals surface area contributed by atoms with Crippen molar-refractivity contribution in [2.24, 2.45) is 5.92 Å². The normalized spacial score (nSPS) is 17.4. The number of rotatable bonds is 8. The van der Waals surface area contributed by atoms with Gasteiger partial charge in [-0.05, 0) is 50.7 Å². The van der Waals surface area contributed by atoms with Crippen molar-refractivity contribution in [1.82, 2.24) is 14.8 Å². The Morgan fingerprint density at radius 3 is 2.45 bits per heavy atom. The van der Waals surface area contributed by atoms with Crippen LogP contribution in [-0.2, 0) is 17.6 Å². The predicted molar refractivity (Wildman–Crippen MR) is 116 cm³/mol. The Kier molecular flexibility index (Phi) is 6.31. The van der Waals surface area contributed by atoms with Gasteiger partial charge < -0.3 is 9.88 Å². The Hall–Kier alpha value is -2.17. The van der Waals surface area contributed by atoms with E-state index in [2.05, 4.69) is 33.1 Å². The maximum atomic E-state index is 12.5. The van der Waals surface area contributed by atoms with Crippen LogP contribution < -0.4 is 5.32 Å². The monoisotopic (exact) mass is 394 g/mol. The molecule has 1 aromatic carbocycles. The van der Waals surface area contributed by atoms with Crippen molar-refractivity contribution in [1.29, 1.82) is 0 Å². The Morgan fingerprint density at radius 1 is 1.03 bits per heavy atom. The van der Waals surface area contributed by atoms with E-state index in [1.54, 1.807) is 0 Å². The van der Waals surface area contributed by atoms with Crippen molar-refractivity contribution in [3.05, 3.63) is 41.0 Å². The highest BCUT2D eigenvalue weighted by molar-refractivity contribution is 5.91. The van der Waals surface area contributed by atoms with Gasteiger partial charge in [-0.15, -0.1) is 10.2 Å². The lowest BCUT2D eigenvalue weighted by atomic mass is 9.86. The highest BCUT2D eigenvalue weighted by Crippen LogP contribution is 2.37. The summed E-state index contributed by atoms with van der Waals surface area (Å²) in [5, 5.41) is 12.1. The third kappa shape index (κ3) is 5.26. The minimum atomic E-state index is 0.0473. The van der Waals surface area contributed by atoms with Crippen molar-refractivity contribution >= 4 is 11.6 Å².